The van der Waals surface area contributed by atoms with Crippen LogP contribution in [0.25, 0.3) is 0 Å². The van der Waals surface area contributed by atoms with Crippen LogP contribution in [0.15, 0.2) is 4.99 Å². The van der Waals surface area contributed by atoms with E-state index in [9.17, 15) is 44.1 Å². The molecule has 3 heterocycles. The highest BCUT2D eigenvalue weighted by molar-refractivity contribution is 5.92. The van der Waals surface area contributed by atoms with Crippen LogP contribution in [0, 0.1) is 0 Å². The van der Waals surface area contributed by atoms with Crippen LogP contribution in [0.3, 0.4) is 0 Å². The summed E-state index contributed by atoms with van der Waals surface area (Å²) in [7, 11) is 0. The predicted octanol–water partition coefficient (Wildman–Crippen LogP) is -6.31. The highest BCUT2D eigenvalue weighted by Gasteiger charge is 2.48. The summed E-state index contributed by atoms with van der Waals surface area (Å²) in [5.41, 5.74) is 22.6. The minimum absolute atomic E-state index is 0.000132. The van der Waals surface area contributed by atoms with Crippen LogP contribution in [0.5, 0.6) is 0 Å². The molecule has 2 fully saturated rings. The van der Waals surface area contributed by atoms with Gasteiger partial charge in [0.15, 0.2) is 18.2 Å². The summed E-state index contributed by atoms with van der Waals surface area (Å²) >= 11 is 0. The van der Waals surface area contributed by atoms with E-state index >= 15 is 0 Å². The fraction of sp³-hybridized carbons (Fsp3) is 0.794. The van der Waals surface area contributed by atoms with Crippen molar-refractivity contribution in [3.05, 3.63) is 0 Å². The number of ether oxygens (including phenoxy) is 2. The van der Waals surface area contributed by atoms with Crippen molar-refractivity contribution in [2.75, 3.05) is 39.3 Å². The average molecular weight is 815 g/mol. The zero-order valence-corrected chi connectivity index (χ0v) is 32.3. The van der Waals surface area contributed by atoms with Crippen molar-refractivity contribution in [3.63, 3.8) is 0 Å². The molecule has 11 unspecified atom stereocenters. The van der Waals surface area contributed by atoms with E-state index in [-0.39, 0.29) is 62.6 Å². The number of nitrogens with two attached hydrogens (primary N) is 4. The Kier molecular flexibility index (Phi) is 19.7. The number of hydrogen-bond donors (Lipinski definition) is 14. The van der Waals surface area contributed by atoms with E-state index in [1.165, 1.54) is 6.92 Å². The normalized spacial score (nSPS) is 27.0. The zero-order valence-electron chi connectivity index (χ0n) is 32.3. The number of ketones is 1. The number of Topliss-reactive ketones (excluding diaryl/α,β-unsaturated/α-hetero) is 1. The third-order valence-electron chi connectivity index (χ3n) is 9.68. The Morgan fingerprint density at radius 1 is 0.965 bits per heavy atom. The van der Waals surface area contributed by atoms with Gasteiger partial charge in [0.25, 0.3) is 0 Å². The molecule has 2 saturated heterocycles. The van der Waals surface area contributed by atoms with Gasteiger partial charge >= 0.3 is 6.09 Å². The van der Waals surface area contributed by atoms with Gasteiger partial charge < -0.3 is 84.9 Å². The Morgan fingerprint density at radius 3 is 2.35 bits per heavy atom. The third-order valence-corrected chi connectivity index (χ3v) is 9.68. The lowest BCUT2D eigenvalue weighted by Crippen LogP contribution is -2.69. The van der Waals surface area contributed by atoms with Crippen LogP contribution in [0.2, 0.25) is 0 Å². The molecular formula is C34H62N12O11. The van der Waals surface area contributed by atoms with Crippen LogP contribution >= 0.6 is 0 Å². The fourth-order valence-electron chi connectivity index (χ4n) is 6.76. The van der Waals surface area contributed by atoms with Crippen molar-refractivity contribution in [1.29, 1.82) is 0 Å². The van der Waals surface area contributed by atoms with Gasteiger partial charge in [-0.05, 0) is 51.6 Å². The van der Waals surface area contributed by atoms with Crippen molar-refractivity contribution in [3.8, 4) is 0 Å². The number of aliphatic hydroxyl groups is 3. The lowest BCUT2D eigenvalue weighted by Gasteiger charge is -2.43. The van der Waals surface area contributed by atoms with Gasteiger partial charge in [0.2, 0.25) is 23.6 Å². The molecule has 0 spiro atoms. The number of aliphatic hydroxyl groups excluding tert-OH is 3. The monoisotopic (exact) mass is 814 g/mol. The van der Waals surface area contributed by atoms with Crippen LogP contribution in [-0.2, 0) is 33.4 Å². The minimum Gasteiger partial charge on any atom is -0.447 e. The molecule has 57 heavy (non-hydrogen) atoms. The summed E-state index contributed by atoms with van der Waals surface area (Å²) in [6.07, 6.45) is -4.55. The summed E-state index contributed by atoms with van der Waals surface area (Å²) in [6, 6.07) is -4.34. The molecule has 0 aromatic rings. The number of β-amino-alcohol motifs (C(OH)–C–C–N with tert-alkyl or cyclic N) is 1. The van der Waals surface area contributed by atoms with E-state index in [1.54, 1.807) is 0 Å². The number of carbonyl (C=O) groups excluding carboxylic acids is 6. The molecule has 18 N–H and O–H groups in total. The molecule has 0 saturated carbocycles. The number of hydrogen-bond acceptors (Lipinski definition) is 18. The van der Waals surface area contributed by atoms with Gasteiger partial charge in [-0.15, -0.1) is 0 Å². The molecule has 0 aliphatic carbocycles. The average Bonchev–Trinajstić information content (AvgIpc) is 3.58. The molecule has 11 atom stereocenters. The lowest BCUT2D eigenvalue weighted by molar-refractivity contribution is -0.198. The second-order valence-corrected chi connectivity index (χ2v) is 14.7. The number of amides is 5. The number of piperidine rings is 1. The van der Waals surface area contributed by atoms with E-state index in [0.29, 0.717) is 45.2 Å². The van der Waals surface area contributed by atoms with Gasteiger partial charge in [-0.3, -0.25) is 24.0 Å². The molecule has 3 aliphatic rings. The summed E-state index contributed by atoms with van der Waals surface area (Å²) in [6.45, 7) is 2.30. The quantitative estimate of drug-likeness (QED) is 0.0403. The SMILES string of the molecule is CC(=O)NC(CCCNC(=O)CC(N)CCCNCC(=O)CC(N)CCCN)CC(=O)NC1C(NC2=NC3C(=O)NCC(O)C3N2)OC(COC(N)=O)C(O)C1O. The summed E-state index contributed by atoms with van der Waals surface area (Å²) in [4.78, 5) is 77.7. The number of aliphatic imine (C=N–C) groups is 1. The number of nitrogens with one attached hydrogen (secondary N) is 7. The van der Waals surface area contributed by atoms with Crippen molar-refractivity contribution in [1.82, 2.24) is 37.2 Å². The first-order valence-electron chi connectivity index (χ1n) is 19.3. The molecule has 0 aromatic heterocycles. The molecule has 0 bridgehead atoms. The van der Waals surface area contributed by atoms with Gasteiger partial charge in [-0.2, -0.15) is 0 Å². The lowest BCUT2D eigenvalue weighted by atomic mass is 9.95. The number of nitrogens with zero attached hydrogens (tertiary/aromatic N) is 1. The Balaban J connectivity index is 1.47. The molecule has 3 aliphatic heterocycles. The summed E-state index contributed by atoms with van der Waals surface area (Å²) in [5, 5.41) is 51.7. The number of primary amides is 1. The van der Waals surface area contributed by atoms with Crippen molar-refractivity contribution >= 4 is 41.5 Å². The van der Waals surface area contributed by atoms with Crippen LogP contribution in [-0.4, -0.2) is 163 Å². The molecule has 0 aromatic carbocycles. The first kappa shape index (κ1) is 47.1. The van der Waals surface area contributed by atoms with Crippen molar-refractivity contribution in [2.24, 2.45) is 27.9 Å². The van der Waals surface area contributed by atoms with Gasteiger partial charge in [-0.1, -0.05) is 0 Å². The maximum Gasteiger partial charge on any atom is 0.404 e. The minimum atomic E-state index is -1.68. The van der Waals surface area contributed by atoms with Crippen molar-refractivity contribution < 1.29 is 53.6 Å². The fourth-order valence-corrected chi connectivity index (χ4v) is 6.76. The summed E-state index contributed by atoms with van der Waals surface area (Å²) in [5.74, 6) is -1.71. The number of fused-ring (bicyclic) bond motifs is 1. The maximum absolute atomic E-state index is 13.4. The Hall–Kier alpha value is -4.23. The third kappa shape index (κ3) is 16.3. The van der Waals surface area contributed by atoms with Crippen LogP contribution in [0.4, 0.5) is 4.79 Å². The van der Waals surface area contributed by atoms with E-state index in [4.69, 9.17) is 32.4 Å². The number of rotatable bonds is 24. The molecule has 5 amide bonds. The Labute approximate surface area is 330 Å². The molecule has 23 heteroatoms. The molecule has 3 rings (SSSR count). The highest BCUT2D eigenvalue weighted by Crippen LogP contribution is 2.22. The predicted molar refractivity (Wildman–Crippen MR) is 203 cm³/mol. The second kappa shape index (κ2) is 23.9. The topological polar surface area (TPSA) is 382 Å². The summed E-state index contributed by atoms with van der Waals surface area (Å²) < 4.78 is 10.6. The van der Waals surface area contributed by atoms with E-state index in [2.05, 4.69) is 42.2 Å². The van der Waals surface area contributed by atoms with E-state index in [0.717, 1.165) is 6.42 Å². The Morgan fingerprint density at radius 2 is 1.67 bits per heavy atom. The van der Waals surface area contributed by atoms with Crippen molar-refractivity contribution in [2.45, 2.75) is 132 Å². The largest absolute Gasteiger partial charge is 0.447 e. The molecular weight excluding hydrogens is 752 g/mol. The zero-order chi connectivity index (χ0) is 42.1. The smallest absolute Gasteiger partial charge is 0.404 e. The number of guanidine groups is 1. The first-order chi connectivity index (χ1) is 27.1. The van der Waals surface area contributed by atoms with Crippen LogP contribution in [0.1, 0.15) is 64.7 Å². The van der Waals surface area contributed by atoms with Gasteiger partial charge in [0.05, 0.1) is 18.7 Å². The van der Waals surface area contributed by atoms with Gasteiger partial charge in [0.1, 0.15) is 36.7 Å². The van der Waals surface area contributed by atoms with E-state index in [1.807, 2.05) is 0 Å². The highest BCUT2D eigenvalue weighted by atomic mass is 16.6. The second-order valence-electron chi connectivity index (χ2n) is 14.7. The molecule has 324 valence electrons. The number of carbonyl (C=O) groups is 6. The van der Waals surface area contributed by atoms with Crippen LogP contribution < -0.4 is 60.2 Å². The first-order valence-corrected chi connectivity index (χ1v) is 19.3. The Bertz CT molecular complexity index is 1390. The van der Waals surface area contributed by atoms with Gasteiger partial charge in [0, 0.05) is 57.4 Å². The molecule has 0 radical (unpaired) electrons. The standard InChI is InChI=1S/C34H62N12O11/c1-17(47)42-20(7-4-10-40-24(50)12-19(37)6-3-9-39-14-21(48)11-18(36)5-2-8-35)13-25(51)43-28-30(53)29(52)23(16-56-33(38)55)57-32(28)46-34-44-26-22(49)15-41-31(54)27(26)45-34/h18-20,22-23,26-30,32,39,49,52-53H,2-16,35-37H2,1H3,(H2,38,55)(H,40,50)(H,41,54)(H,42,47)(H,43,51)(H2,44,45,46). The van der Waals surface area contributed by atoms with Gasteiger partial charge in [-0.25, -0.2) is 9.79 Å². The maximum atomic E-state index is 13.4. The van der Waals surface area contributed by atoms with E-state index < -0.39 is 91.3 Å². The molecule has 23 nitrogen and oxygen atoms in total.